The molecular weight excluding hydrogens is 464 g/mol. The van der Waals surface area contributed by atoms with Gasteiger partial charge in [0.25, 0.3) is 5.91 Å². The largest absolute Gasteiger partial charge is 0.419 e. The molecular formula is C24H24F4N6O. The molecule has 0 radical (unpaired) electrons. The van der Waals surface area contributed by atoms with E-state index in [9.17, 15) is 22.4 Å². The van der Waals surface area contributed by atoms with E-state index in [0.29, 0.717) is 23.2 Å². The van der Waals surface area contributed by atoms with E-state index in [0.717, 1.165) is 25.2 Å². The Kier molecular flexibility index (Phi) is 6.95. The van der Waals surface area contributed by atoms with Gasteiger partial charge in [0, 0.05) is 43.4 Å². The highest BCUT2D eigenvalue weighted by atomic mass is 19.4. The van der Waals surface area contributed by atoms with Crippen LogP contribution < -0.4 is 5.32 Å². The Balaban J connectivity index is 1.60. The smallest absolute Gasteiger partial charge is 0.352 e. The summed E-state index contributed by atoms with van der Waals surface area (Å²) in [5, 5.41) is 2.96. The number of benzene rings is 1. The number of carbonyl (C=O) groups excluding carboxylic acids is 1. The van der Waals surface area contributed by atoms with E-state index in [1.807, 2.05) is 6.92 Å². The van der Waals surface area contributed by atoms with Crippen molar-refractivity contribution in [1.29, 1.82) is 0 Å². The second-order valence-corrected chi connectivity index (χ2v) is 8.58. The molecule has 11 heteroatoms. The van der Waals surface area contributed by atoms with Gasteiger partial charge in [-0.3, -0.25) is 4.79 Å². The number of piperidine rings is 1. The molecule has 184 valence electrons. The fourth-order valence-corrected chi connectivity index (χ4v) is 4.21. The molecule has 1 unspecified atom stereocenters. The second kappa shape index (κ2) is 9.93. The lowest BCUT2D eigenvalue weighted by Crippen LogP contribution is -2.51. The number of anilines is 1. The summed E-state index contributed by atoms with van der Waals surface area (Å²) in [6, 6.07) is 4.13. The van der Waals surface area contributed by atoms with Crippen LogP contribution in [0.2, 0.25) is 0 Å². The fraction of sp³-hybridized carbons (Fsp3) is 0.375. The predicted molar refractivity (Wildman–Crippen MR) is 121 cm³/mol. The molecule has 0 spiro atoms. The Morgan fingerprint density at radius 1 is 1.14 bits per heavy atom. The lowest BCUT2D eigenvalue weighted by Gasteiger charge is -2.40. The zero-order chi connectivity index (χ0) is 25.2. The summed E-state index contributed by atoms with van der Waals surface area (Å²) in [4.78, 5) is 31.3. The van der Waals surface area contributed by atoms with Crippen molar-refractivity contribution in [2.24, 2.45) is 5.92 Å². The third kappa shape index (κ3) is 5.39. The second-order valence-electron chi connectivity index (χ2n) is 8.58. The highest BCUT2D eigenvalue weighted by Gasteiger charge is 2.34. The Bertz CT molecular complexity index is 1190. The number of aromatic nitrogens is 4. The number of nitrogens with zero attached hydrogens (tertiary/aromatic N) is 5. The van der Waals surface area contributed by atoms with Crippen LogP contribution in [0.15, 0.2) is 43.0 Å². The normalized spacial score (nSPS) is 18.4. The maximum Gasteiger partial charge on any atom is 0.419 e. The molecule has 0 saturated carbocycles. The summed E-state index contributed by atoms with van der Waals surface area (Å²) in [6.07, 6.45) is 1.62. The number of rotatable bonds is 5. The van der Waals surface area contributed by atoms with Crippen molar-refractivity contribution < 1.29 is 22.4 Å². The molecule has 1 aliphatic heterocycles. The van der Waals surface area contributed by atoms with Crippen LogP contribution in [-0.2, 0) is 6.18 Å². The summed E-state index contributed by atoms with van der Waals surface area (Å²) in [5.74, 6) is -0.365. The summed E-state index contributed by atoms with van der Waals surface area (Å²) in [6.45, 7) is 4.32. The summed E-state index contributed by atoms with van der Waals surface area (Å²) >= 11 is 0. The van der Waals surface area contributed by atoms with Gasteiger partial charge < -0.3 is 10.2 Å². The Hall–Kier alpha value is -3.63. The fourth-order valence-electron chi connectivity index (χ4n) is 4.21. The topological polar surface area (TPSA) is 83.9 Å². The number of likely N-dealkylation sites (tertiary alicyclic amines) is 1. The maximum atomic E-state index is 14.4. The van der Waals surface area contributed by atoms with Crippen LogP contribution in [0, 0.1) is 18.7 Å². The number of amides is 1. The van der Waals surface area contributed by atoms with Crippen molar-refractivity contribution in [2.45, 2.75) is 38.9 Å². The van der Waals surface area contributed by atoms with Crippen molar-refractivity contribution in [2.75, 3.05) is 18.4 Å². The lowest BCUT2D eigenvalue weighted by atomic mass is 9.89. The third-order valence-electron chi connectivity index (χ3n) is 6.16. The molecule has 2 atom stereocenters. The Morgan fingerprint density at radius 3 is 2.49 bits per heavy atom. The number of carbonyl (C=O) groups is 1. The molecule has 2 aromatic heterocycles. The van der Waals surface area contributed by atoms with Crippen LogP contribution in [0.5, 0.6) is 0 Å². The molecule has 1 amide bonds. The first kappa shape index (κ1) is 24.5. The number of nitrogens with one attached hydrogen (secondary N) is 1. The van der Waals surface area contributed by atoms with Gasteiger partial charge in [-0.05, 0) is 49.4 Å². The van der Waals surface area contributed by atoms with Crippen molar-refractivity contribution >= 4 is 11.9 Å². The van der Waals surface area contributed by atoms with E-state index in [4.69, 9.17) is 0 Å². The predicted octanol–water partition coefficient (Wildman–Crippen LogP) is 4.75. The molecule has 0 aliphatic carbocycles. The van der Waals surface area contributed by atoms with Gasteiger partial charge in [0.2, 0.25) is 5.95 Å². The molecule has 3 aromatic rings. The van der Waals surface area contributed by atoms with Gasteiger partial charge in [0.1, 0.15) is 5.82 Å². The average Bonchev–Trinajstić information content (AvgIpc) is 2.84. The molecule has 3 heterocycles. The van der Waals surface area contributed by atoms with E-state index >= 15 is 0 Å². The number of hydrogen-bond acceptors (Lipinski definition) is 6. The summed E-state index contributed by atoms with van der Waals surface area (Å²) in [7, 11) is 0. The zero-order valence-corrected chi connectivity index (χ0v) is 19.2. The number of aryl methyl sites for hydroxylation is 1. The third-order valence-corrected chi connectivity index (χ3v) is 6.16. The maximum absolute atomic E-state index is 14.4. The lowest BCUT2D eigenvalue weighted by molar-refractivity contribution is -0.138. The van der Waals surface area contributed by atoms with Crippen molar-refractivity contribution in [1.82, 2.24) is 24.8 Å². The van der Waals surface area contributed by atoms with Crippen LogP contribution in [0.1, 0.15) is 41.3 Å². The Labute approximate surface area is 199 Å². The van der Waals surface area contributed by atoms with Crippen molar-refractivity contribution in [3.05, 3.63) is 65.5 Å². The van der Waals surface area contributed by atoms with E-state index in [2.05, 4.69) is 25.3 Å². The monoisotopic (exact) mass is 488 g/mol. The van der Waals surface area contributed by atoms with Gasteiger partial charge in [-0.1, -0.05) is 6.92 Å². The molecule has 7 nitrogen and oxygen atoms in total. The highest BCUT2D eigenvalue weighted by Crippen LogP contribution is 2.31. The number of alkyl halides is 3. The van der Waals surface area contributed by atoms with E-state index < -0.39 is 17.6 Å². The van der Waals surface area contributed by atoms with Gasteiger partial charge in [-0.2, -0.15) is 13.2 Å². The summed E-state index contributed by atoms with van der Waals surface area (Å²) in [5.41, 5.74) is -0.0196. The number of halogens is 4. The van der Waals surface area contributed by atoms with Crippen molar-refractivity contribution in [3.63, 3.8) is 0 Å². The minimum atomic E-state index is -4.52. The molecule has 35 heavy (non-hydrogen) atoms. The standard InChI is InChI=1S/C24H24F4N6O/c1-14-5-3-8-34(20(14)13-33-23-31-11-16(12-32-23)24(26,27)28)22(35)18-9-15(2)19(25)10-17(18)21-29-6-4-7-30-21/h4,6-7,9-12,14,20H,3,5,8,13H2,1-2H3,(H,31,32,33)/t14?,20-/m1/s1. The van der Waals surface area contributed by atoms with E-state index in [1.165, 1.54) is 24.5 Å². The number of hydrogen-bond donors (Lipinski definition) is 1. The van der Waals surface area contributed by atoms with Crippen LogP contribution in [0.3, 0.4) is 0 Å². The molecule has 1 aliphatic rings. The molecule has 1 fully saturated rings. The average molecular weight is 488 g/mol. The first-order valence-electron chi connectivity index (χ1n) is 11.2. The van der Waals surface area contributed by atoms with Crippen LogP contribution in [0.4, 0.5) is 23.5 Å². The van der Waals surface area contributed by atoms with Crippen LogP contribution in [0.25, 0.3) is 11.4 Å². The van der Waals surface area contributed by atoms with Gasteiger partial charge in [0.05, 0.1) is 17.2 Å². The van der Waals surface area contributed by atoms with E-state index in [1.54, 1.807) is 17.9 Å². The molecule has 4 rings (SSSR count). The SMILES string of the molecule is Cc1cc(C(=O)N2CCCC(C)[C@H]2CNc2ncc(C(F)(F)F)cn2)c(-c2ncccn2)cc1F. The van der Waals surface area contributed by atoms with Gasteiger partial charge in [-0.15, -0.1) is 0 Å². The molecule has 0 bridgehead atoms. The van der Waals surface area contributed by atoms with Gasteiger partial charge >= 0.3 is 6.18 Å². The summed E-state index contributed by atoms with van der Waals surface area (Å²) < 4.78 is 52.8. The van der Waals surface area contributed by atoms with E-state index in [-0.39, 0.29) is 36.2 Å². The first-order valence-corrected chi connectivity index (χ1v) is 11.2. The minimum absolute atomic E-state index is 0.0409. The Morgan fingerprint density at radius 2 is 1.83 bits per heavy atom. The van der Waals surface area contributed by atoms with Gasteiger partial charge in [0.15, 0.2) is 5.82 Å². The zero-order valence-electron chi connectivity index (χ0n) is 19.2. The molecule has 1 aromatic carbocycles. The quantitative estimate of drug-likeness (QED) is 0.522. The first-order chi connectivity index (χ1) is 16.6. The molecule has 1 saturated heterocycles. The molecule has 1 N–H and O–H groups in total. The van der Waals surface area contributed by atoms with Gasteiger partial charge in [-0.25, -0.2) is 24.3 Å². The highest BCUT2D eigenvalue weighted by molar-refractivity contribution is 6.00. The van der Waals surface area contributed by atoms with Crippen molar-refractivity contribution in [3.8, 4) is 11.4 Å². The van der Waals surface area contributed by atoms with Crippen LogP contribution >= 0.6 is 0 Å². The van der Waals surface area contributed by atoms with Crippen LogP contribution in [-0.4, -0.2) is 49.9 Å². The minimum Gasteiger partial charge on any atom is -0.352 e.